The van der Waals surface area contributed by atoms with Crippen LogP contribution in [0.15, 0.2) is 0 Å². The summed E-state index contributed by atoms with van der Waals surface area (Å²) in [5.74, 6) is -0.515. The van der Waals surface area contributed by atoms with E-state index >= 15 is 0 Å². The number of esters is 1. The summed E-state index contributed by atoms with van der Waals surface area (Å²) in [6, 6.07) is 0. The second kappa shape index (κ2) is 28.6. The van der Waals surface area contributed by atoms with Gasteiger partial charge in [-0.15, -0.1) is 0 Å². The van der Waals surface area contributed by atoms with Gasteiger partial charge in [-0.3, -0.25) is 18.4 Å². The predicted octanol–water partition coefficient (Wildman–Crippen LogP) is 8.44. The Labute approximate surface area is 269 Å². The molecule has 0 saturated carbocycles. The van der Waals surface area contributed by atoms with Crippen LogP contribution >= 0.6 is 7.82 Å². The molecule has 0 fully saturated rings. The van der Waals surface area contributed by atoms with Crippen LogP contribution in [0.25, 0.3) is 0 Å². The maximum absolute atomic E-state index is 14.3. The molecule has 5 atom stereocenters. The van der Waals surface area contributed by atoms with Crippen molar-refractivity contribution in [2.75, 3.05) is 46.2 Å². The van der Waals surface area contributed by atoms with Gasteiger partial charge >= 0.3 is 13.8 Å². The van der Waals surface area contributed by atoms with Gasteiger partial charge in [0.1, 0.15) is 18.3 Å². The Morgan fingerprint density at radius 3 is 1.50 bits per heavy atom. The number of rotatable bonds is 32. The average molecular weight is 655 g/mol. The zero-order chi connectivity index (χ0) is 33.1. The van der Waals surface area contributed by atoms with Gasteiger partial charge in [-0.2, -0.15) is 0 Å². The molecule has 0 aromatic carbocycles. The van der Waals surface area contributed by atoms with E-state index in [0.717, 1.165) is 64.2 Å². The number of carbonyl (C=O) groups excluding carboxylic acids is 1. The Kier molecular flexibility index (Phi) is 28.3. The molecule has 0 radical (unpaired) electrons. The van der Waals surface area contributed by atoms with Crippen molar-refractivity contribution in [3.05, 3.63) is 0 Å². The van der Waals surface area contributed by atoms with E-state index < -0.39 is 44.3 Å². The van der Waals surface area contributed by atoms with Crippen LogP contribution in [-0.2, 0) is 46.6 Å². The largest absolute Gasteiger partial charge is 0.475 e. The molecule has 11 heteroatoms. The SMILES string of the molecule is CCCCOC[C@@H](OC(C)=O)C(OP(=O)(OCCCC)OCCCC)C(OCCCC)[C@@H](OCCCC)C(C)OCCCC. The topological polar surface area (TPSA) is 108 Å². The Bertz CT molecular complexity index is 696. The van der Waals surface area contributed by atoms with Crippen molar-refractivity contribution in [2.45, 2.75) is 163 Å². The van der Waals surface area contributed by atoms with Crippen LogP contribution in [0.4, 0.5) is 0 Å². The minimum atomic E-state index is -4.12. The standard InChI is InChI=1S/C33H67O10P/c1-9-15-21-36-27-30(42-29(8)34)32(43-44(35,40-25-19-13-5)41-26-20-14-6)33(39-24-18-12-4)31(38-23-17-11-3)28(7)37-22-16-10-2/h28,30-33H,9-27H2,1-8H3/t28?,30-,31+,32?,33?/m1/s1. The zero-order valence-corrected chi connectivity index (χ0v) is 30.2. The Morgan fingerprint density at radius 2 is 1.02 bits per heavy atom. The maximum Gasteiger partial charge on any atom is 0.475 e. The van der Waals surface area contributed by atoms with E-state index in [1.54, 1.807) is 0 Å². The molecule has 0 spiro atoms. The summed E-state index contributed by atoms with van der Waals surface area (Å²) in [6.45, 7) is 18.0. The maximum atomic E-state index is 14.3. The second-order valence-corrected chi connectivity index (χ2v) is 12.9. The molecule has 44 heavy (non-hydrogen) atoms. The highest BCUT2D eigenvalue weighted by atomic mass is 31.2. The van der Waals surface area contributed by atoms with Gasteiger partial charge < -0.3 is 23.7 Å². The van der Waals surface area contributed by atoms with E-state index in [-0.39, 0.29) is 19.8 Å². The van der Waals surface area contributed by atoms with Gasteiger partial charge in [-0.25, -0.2) is 4.57 Å². The van der Waals surface area contributed by atoms with Crippen molar-refractivity contribution in [1.82, 2.24) is 0 Å². The summed E-state index contributed by atoms with van der Waals surface area (Å²) in [4.78, 5) is 12.4. The molecule has 264 valence electrons. The number of carbonyl (C=O) groups is 1. The van der Waals surface area contributed by atoms with E-state index in [1.807, 2.05) is 20.8 Å². The van der Waals surface area contributed by atoms with Gasteiger partial charge in [0, 0.05) is 33.4 Å². The second-order valence-electron chi connectivity index (χ2n) is 11.3. The van der Waals surface area contributed by atoms with Crippen LogP contribution in [-0.4, -0.2) is 82.7 Å². The van der Waals surface area contributed by atoms with Gasteiger partial charge in [0.25, 0.3) is 0 Å². The van der Waals surface area contributed by atoms with Gasteiger partial charge in [0.05, 0.1) is 25.9 Å². The normalized spacial score (nSPS) is 15.5. The minimum Gasteiger partial charge on any atom is -0.457 e. The first kappa shape index (κ1) is 43.4. The van der Waals surface area contributed by atoms with Crippen LogP contribution in [0.5, 0.6) is 0 Å². The summed E-state index contributed by atoms with van der Waals surface area (Å²) in [5.41, 5.74) is 0. The molecule has 0 aromatic rings. The Balaban J connectivity index is 6.87. The fourth-order valence-electron chi connectivity index (χ4n) is 4.19. The molecular formula is C33H67O10P. The summed E-state index contributed by atoms with van der Waals surface area (Å²) in [7, 11) is -4.12. The smallest absolute Gasteiger partial charge is 0.457 e. The molecule has 3 unspecified atom stereocenters. The van der Waals surface area contributed by atoms with Crippen molar-refractivity contribution in [3.8, 4) is 0 Å². The summed E-state index contributed by atoms with van der Waals surface area (Å²) in [6.07, 6.45) is 6.37. The molecule has 0 aliphatic carbocycles. The molecular weight excluding hydrogens is 587 g/mol. The number of ether oxygens (including phenoxy) is 5. The molecule has 0 heterocycles. The van der Waals surface area contributed by atoms with E-state index in [9.17, 15) is 9.36 Å². The van der Waals surface area contributed by atoms with Crippen molar-refractivity contribution < 1.29 is 46.6 Å². The van der Waals surface area contributed by atoms with Crippen molar-refractivity contribution in [3.63, 3.8) is 0 Å². The van der Waals surface area contributed by atoms with Crippen LogP contribution in [0.3, 0.4) is 0 Å². The molecule has 0 aliphatic heterocycles. The molecule has 0 N–H and O–H groups in total. The van der Waals surface area contributed by atoms with Crippen LogP contribution < -0.4 is 0 Å². The zero-order valence-electron chi connectivity index (χ0n) is 29.4. The molecule has 0 aromatic heterocycles. The van der Waals surface area contributed by atoms with E-state index in [4.69, 9.17) is 37.3 Å². The van der Waals surface area contributed by atoms with Crippen molar-refractivity contribution in [2.24, 2.45) is 0 Å². The summed E-state index contributed by atoms with van der Waals surface area (Å²) < 4.78 is 63.4. The molecule has 0 saturated heterocycles. The first-order valence-corrected chi connectivity index (χ1v) is 18.9. The highest BCUT2D eigenvalue weighted by Gasteiger charge is 2.46. The van der Waals surface area contributed by atoms with Crippen LogP contribution in [0.2, 0.25) is 0 Å². The molecule has 0 bridgehead atoms. The lowest BCUT2D eigenvalue weighted by Gasteiger charge is -2.39. The molecule has 0 amide bonds. The molecule has 10 nitrogen and oxygen atoms in total. The fourth-order valence-corrected chi connectivity index (χ4v) is 5.65. The number of phosphoric ester groups is 1. The van der Waals surface area contributed by atoms with Crippen LogP contribution in [0.1, 0.15) is 132 Å². The highest BCUT2D eigenvalue weighted by Crippen LogP contribution is 2.52. The van der Waals surface area contributed by atoms with Gasteiger partial charge in [-0.1, -0.05) is 80.1 Å². The highest BCUT2D eigenvalue weighted by molar-refractivity contribution is 7.48. The average Bonchev–Trinajstić information content (AvgIpc) is 2.99. The monoisotopic (exact) mass is 654 g/mol. The lowest BCUT2D eigenvalue weighted by Crippen LogP contribution is -2.54. The Hall–Kier alpha value is -0.580. The Morgan fingerprint density at radius 1 is 0.591 bits per heavy atom. The summed E-state index contributed by atoms with van der Waals surface area (Å²) >= 11 is 0. The lowest BCUT2D eigenvalue weighted by molar-refractivity contribution is -0.196. The van der Waals surface area contributed by atoms with Crippen molar-refractivity contribution >= 4 is 13.8 Å². The van der Waals surface area contributed by atoms with Gasteiger partial charge in [0.2, 0.25) is 0 Å². The van der Waals surface area contributed by atoms with E-state index in [1.165, 1.54) is 6.92 Å². The fraction of sp³-hybridized carbons (Fsp3) is 0.970. The van der Waals surface area contributed by atoms with Crippen molar-refractivity contribution in [1.29, 1.82) is 0 Å². The molecule has 0 aliphatic rings. The number of hydrogen-bond donors (Lipinski definition) is 0. The first-order chi connectivity index (χ1) is 21.2. The predicted molar refractivity (Wildman–Crippen MR) is 175 cm³/mol. The van der Waals surface area contributed by atoms with Gasteiger partial charge in [-0.05, 0) is 45.4 Å². The summed E-state index contributed by atoms with van der Waals surface area (Å²) in [5, 5.41) is 0. The lowest BCUT2D eigenvalue weighted by atomic mass is 9.99. The minimum absolute atomic E-state index is 0.0224. The third-order valence-corrected chi connectivity index (χ3v) is 8.46. The van der Waals surface area contributed by atoms with E-state index in [2.05, 4.69) is 27.7 Å². The number of unbranched alkanes of at least 4 members (excludes halogenated alkanes) is 6. The van der Waals surface area contributed by atoms with Gasteiger partial charge in [0.15, 0.2) is 6.10 Å². The quantitative estimate of drug-likeness (QED) is 0.0398. The number of phosphoric acid groups is 1. The van der Waals surface area contributed by atoms with Crippen LogP contribution in [0, 0.1) is 0 Å². The molecule has 0 rings (SSSR count). The first-order valence-electron chi connectivity index (χ1n) is 17.4. The third kappa shape index (κ3) is 20.5. The third-order valence-electron chi connectivity index (χ3n) is 6.96. The van der Waals surface area contributed by atoms with E-state index in [0.29, 0.717) is 39.3 Å². The number of hydrogen-bond acceptors (Lipinski definition) is 10.